The zero-order valence-electron chi connectivity index (χ0n) is 17.7. The van der Waals surface area contributed by atoms with Gasteiger partial charge in [-0.05, 0) is 60.6 Å². The molecule has 32 heavy (non-hydrogen) atoms. The molecule has 1 amide bonds. The van der Waals surface area contributed by atoms with Crippen LogP contribution in [0.1, 0.15) is 15.9 Å². The van der Waals surface area contributed by atoms with Crippen LogP contribution in [0.4, 0.5) is 5.69 Å². The molecular weight excluding hydrogens is 450 g/mol. The van der Waals surface area contributed by atoms with E-state index in [1.807, 2.05) is 23.7 Å². The van der Waals surface area contributed by atoms with Crippen LogP contribution in [0.15, 0.2) is 63.7 Å². The number of benzene rings is 2. The predicted octanol–water partition coefficient (Wildman–Crippen LogP) is 2.55. The molecular formula is C21H23N5O4S2. The molecule has 1 aliphatic rings. The summed E-state index contributed by atoms with van der Waals surface area (Å²) >= 11 is 1.46. The molecule has 0 aliphatic carbocycles. The lowest BCUT2D eigenvalue weighted by Gasteiger charge is -2.26. The largest absolute Gasteiger partial charge is 0.379 e. The average Bonchev–Trinajstić information content (AvgIpc) is 3.20. The van der Waals surface area contributed by atoms with Crippen molar-refractivity contribution in [3.63, 3.8) is 0 Å². The van der Waals surface area contributed by atoms with E-state index in [2.05, 4.69) is 15.5 Å². The van der Waals surface area contributed by atoms with Crippen molar-refractivity contribution in [1.82, 2.24) is 19.1 Å². The molecule has 1 fully saturated rings. The standard InChI is InChI=1S/C21H23N5O4S2/c1-15-3-8-18(32(28,29)26-9-11-30-12-10-26)13-19(15)20(27)23-16-4-6-17(7-5-16)31-21-24-22-14-25(21)2/h3-8,13-14H,9-12H2,1-2H3,(H,23,27). The minimum Gasteiger partial charge on any atom is -0.379 e. The molecule has 0 atom stereocenters. The number of hydrogen-bond donors (Lipinski definition) is 1. The van der Waals surface area contributed by atoms with Gasteiger partial charge in [-0.25, -0.2) is 8.42 Å². The summed E-state index contributed by atoms with van der Waals surface area (Å²) < 4.78 is 34.3. The molecule has 0 bridgehead atoms. The number of morpholine rings is 1. The number of hydrogen-bond acceptors (Lipinski definition) is 7. The van der Waals surface area contributed by atoms with Crippen LogP contribution >= 0.6 is 11.8 Å². The van der Waals surface area contributed by atoms with Crippen molar-refractivity contribution in [3.05, 3.63) is 59.9 Å². The molecule has 0 saturated carbocycles. The number of rotatable bonds is 6. The summed E-state index contributed by atoms with van der Waals surface area (Å²) in [6.45, 7) is 3.11. The lowest BCUT2D eigenvalue weighted by Crippen LogP contribution is -2.40. The first-order chi connectivity index (χ1) is 15.3. The Balaban J connectivity index is 1.49. The molecule has 0 radical (unpaired) electrons. The Morgan fingerprint density at radius 3 is 2.50 bits per heavy atom. The van der Waals surface area contributed by atoms with Gasteiger partial charge in [0.15, 0.2) is 5.16 Å². The van der Waals surface area contributed by atoms with Gasteiger partial charge in [-0.3, -0.25) is 4.79 Å². The third-order valence-corrected chi connectivity index (χ3v) is 8.01. The van der Waals surface area contributed by atoms with Crippen molar-refractivity contribution < 1.29 is 17.9 Å². The van der Waals surface area contributed by atoms with E-state index in [1.54, 1.807) is 31.5 Å². The second-order valence-electron chi connectivity index (χ2n) is 7.30. The maximum Gasteiger partial charge on any atom is 0.255 e. The van der Waals surface area contributed by atoms with E-state index in [0.29, 0.717) is 43.1 Å². The van der Waals surface area contributed by atoms with Gasteiger partial charge in [-0.1, -0.05) is 6.07 Å². The van der Waals surface area contributed by atoms with E-state index in [1.165, 1.54) is 28.2 Å². The third-order valence-electron chi connectivity index (χ3n) is 5.05. The highest BCUT2D eigenvalue weighted by atomic mass is 32.2. The van der Waals surface area contributed by atoms with Crippen molar-refractivity contribution in [2.45, 2.75) is 21.9 Å². The number of aromatic nitrogens is 3. The Morgan fingerprint density at radius 2 is 1.84 bits per heavy atom. The summed E-state index contributed by atoms with van der Waals surface area (Å²) in [4.78, 5) is 14.0. The van der Waals surface area contributed by atoms with Gasteiger partial charge in [-0.15, -0.1) is 10.2 Å². The molecule has 4 rings (SSSR count). The van der Waals surface area contributed by atoms with Gasteiger partial charge >= 0.3 is 0 Å². The van der Waals surface area contributed by atoms with E-state index in [-0.39, 0.29) is 10.8 Å². The van der Waals surface area contributed by atoms with Crippen molar-refractivity contribution in [2.75, 3.05) is 31.6 Å². The van der Waals surface area contributed by atoms with Crippen molar-refractivity contribution >= 4 is 33.4 Å². The number of aryl methyl sites for hydroxylation is 2. The summed E-state index contributed by atoms with van der Waals surface area (Å²) in [5.41, 5.74) is 1.62. The lowest BCUT2D eigenvalue weighted by molar-refractivity contribution is 0.0730. The van der Waals surface area contributed by atoms with E-state index >= 15 is 0 Å². The highest BCUT2D eigenvalue weighted by Crippen LogP contribution is 2.27. The second-order valence-corrected chi connectivity index (χ2v) is 10.3. The highest BCUT2D eigenvalue weighted by molar-refractivity contribution is 7.99. The fourth-order valence-electron chi connectivity index (χ4n) is 3.22. The maximum atomic E-state index is 12.9. The van der Waals surface area contributed by atoms with Crippen LogP contribution < -0.4 is 5.32 Å². The number of nitrogens with one attached hydrogen (secondary N) is 1. The normalized spacial score (nSPS) is 14.9. The first-order valence-electron chi connectivity index (χ1n) is 9.96. The Hall–Kier alpha value is -2.73. The minimum atomic E-state index is -3.68. The molecule has 0 unspecified atom stereocenters. The zero-order valence-corrected chi connectivity index (χ0v) is 19.3. The topological polar surface area (TPSA) is 106 Å². The van der Waals surface area contributed by atoms with E-state index in [0.717, 1.165) is 10.1 Å². The molecule has 1 aromatic heterocycles. The van der Waals surface area contributed by atoms with E-state index in [4.69, 9.17) is 4.74 Å². The van der Waals surface area contributed by atoms with Gasteiger partial charge in [0, 0.05) is 36.3 Å². The molecule has 9 nitrogen and oxygen atoms in total. The van der Waals surface area contributed by atoms with Crippen LogP contribution in [0.2, 0.25) is 0 Å². The fourth-order valence-corrected chi connectivity index (χ4v) is 5.41. The number of nitrogens with zero attached hydrogens (tertiary/aromatic N) is 4. The number of anilines is 1. The molecule has 168 valence electrons. The van der Waals surface area contributed by atoms with E-state index < -0.39 is 10.0 Å². The first kappa shape index (κ1) is 22.5. The van der Waals surface area contributed by atoms with Gasteiger partial charge in [0.25, 0.3) is 5.91 Å². The van der Waals surface area contributed by atoms with Gasteiger partial charge in [-0.2, -0.15) is 4.31 Å². The predicted molar refractivity (Wildman–Crippen MR) is 120 cm³/mol. The molecule has 3 aromatic rings. The summed E-state index contributed by atoms with van der Waals surface area (Å²) in [5, 5.41) is 11.5. The minimum absolute atomic E-state index is 0.102. The number of carbonyl (C=O) groups excluding carboxylic acids is 1. The lowest BCUT2D eigenvalue weighted by atomic mass is 10.1. The van der Waals surface area contributed by atoms with Crippen LogP contribution in [0.25, 0.3) is 0 Å². The van der Waals surface area contributed by atoms with Crippen LogP contribution in [-0.2, 0) is 21.8 Å². The monoisotopic (exact) mass is 473 g/mol. The quantitative estimate of drug-likeness (QED) is 0.586. The van der Waals surface area contributed by atoms with Crippen LogP contribution in [0.3, 0.4) is 0 Å². The number of carbonyl (C=O) groups is 1. The fraction of sp³-hybridized carbons (Fsp3) is 0.286. The third kappa shape index (κ3) is 4.85. The molecule has 1 N–H and O–H groups in total. The molecule has 1 saturated heterocycles. The Bertz CT molecular complexity index is 1220. The Labute approximate surface area is 190 Å². The number of amides is 1. The Kier molecular flexibility index (Phi) is 6.60. The maximum absolute atomic E-state index is 12.9. The summed E-state index contributed by atoms with van der Waals surface area (Å²) in [6, 6.07) is 12.0. The van der Waals surface area contributed by atoms with Gasteiger partial charge < -0.3 is 14.6 Å². The van der Waals surface area contributed by atoms with E-state index in [9.17, 15) is 13.2 Å². The highest BCUT2D eigenvalue weighted by Gasteiger charge is 2.27. The van der Waals surface area contributed by atoms with Crippen molar-refractivity contribution in [1.29, 1.82) is 0 Å². The van der Waals surface area contributed by atoms with Crippen LogP contribution in [0, 0.1) is 6.92 Å². The molecule has 2 aromatic carbocycles. The molecule has 1 aliphatic heterocycles. The van der Waals surface area contributed by atoms with Gasteiger partial charge in [0.1, 0.15) is 6.33 Å². The average molecular weight is 474 g/mol. The molecule has 2 heterocycles. The first-order valence-corrected chi connectivity index (χ1v) is 12.2. The number of ether oxygens (including phenoxy) is 1. The smallest absolute Gasteiger partial charge is 0.255 e. The van der Waals surface area contributed by atoms with Crippen LogP contribution in [-0.4, -0.2) is 59.7 Å². The van der Waals surface area contributed by atoms with Gasteiger partial charge in [0.05, 0.1) is 18.1 Å². The summed E-state index contributed by atoms with van der Waals surface area (Å²) in [6.07, 6.45) is 1.63. The SMILES string of the molecule is Cc1ccc(S(=O)(=O)N2CCOCC2)cc1C(=O)Nc1ccc(Sc2nncn2C)cc1. The Morgan fingerprint density at radius 1 is 1.12 bits per heavy atom. The van der Waals surface area contributed by atoms with Gasteiger partial charge in [0.2, 0.25) is 10.0 Å². The summed E-state index contributed by atoms with van der Waals surface area (Å²) in [5.74, 6) is -0.366. The molecule has 0 spiro atoms. The second kappa shape index (κ2) is 9.41. The zero-order chi connectivity index (χ0) is 22.7. The molecule has 11 heteroatoms. The van der Waals surface area contributed by atoms with Crippen molar-refractivity contribution in [3.8, 4) is 0 Å². The van der Waals surface area contributed by atoms with Crippen LogP contribution in [0.5, 0.6) is 0 Å². The summed E-state index contributed by atoms with van der Waals surface area (Å²) in [7, 11) is -1.82. The number of sulfonamides is 1. The van der Waals surface area contributed by atoms with Crippen molar-refractivity contribution in [2.24, 2.45) is 7.05 Å².